The highest BCUT2D eigenvalue weighted by Gasteiger charge is 2.41. The molecule has 1 fully saturated rings. The van der Waals surface area contributed by atoms with Crippen molar-refractivity contribution in [1.82, 2.24) is 4.98 Å². The summed E-state index contributed by atoms with van der Waals surface area (Å²) in [5.41, 5.74) is 4.50. The van der Waals surface area contributed by atoms with E-state index in [0.717, 1.165) is 0 Å². The molecular weight excluding hydrogens is 206 g/mol. The minimum Gasteiger partial charge on any atom is -0.257 e. The molecule has 0 amide bonds. The topological polar surface area (TPSA) is 12.9 Å². The van der Waals surface area contributed by atoms with E-state index in [1.807, 2.05) is 0 Å². The number of hydrogen-bond acceptors (Lipinski definition) is 1. The fourth-order valence-corrected chi connectivity index (χ4v) is 2.02. The normalized spacial score (nSPS) is 18.5. The summed E-state index contributed by atoms with van der Waals surface area (Å²) < 4.78 is 0. The van der Waals surface area contributed by atoms with E-state index in [2.05, 4.69) is 53.7 Å². The molecule has 1 aromatic heterocycles. The molecule has 0 atom stereocenters. The van der Waals surface area contributed by atoms with Crippen LogP contribution in [-0.4, -0.2) is 4.98 Å². The van der Waals surface area contributed by atoms with Crippen LogP contribution in [-0.2, 0) is 10.8 Å². The Labute approximate surface area is 106 Å². The third-order valence-electron chi connectivity index (χ3n) is 3.90. The van der Waals surface area contributed by atoms with Crippen LogP contribution in [0.2, 0.25) is 0 Å². The van der Waals surface area contributed by atoms with E-state index in [0.29, 0.717) is 11.3 Å². The van der Waals surface area contributed by atoms with Crippen LogP contribution in [0.4, 0.5) is 0 Å². The summed E-state index contributed by atoms with van der Waals surface area (Å²) in [4.78, 5) is 4.92. The molecule has 1 heteroatoms. The predicted octanol–water partition coefficient (Wildman–Crippen LogP) is 4.55. The Morgan fingerprint density at radius 3 is 2.18 bits per heavy atom. The first-order chi connectivity index (χ1) is 7.72. The van der Waals surface area contributed by atoms with Gasteiger partial charge in [0, 0.05) is 22.2 Å². The molecule has 0 spiro atoms. The number of hydrogen-bond donors (Lipinski definition) is 0. The van der Waals surface area contributed by atoms with Crippen molar-refractivity contribution in [1.29, 1.82) is 0 Å². The van der Waals surface area contributed by atoms with E-state index >= 15 is 0 Å². The molecule has 2 rings (SSSR count). The van der Waals surface area contributed by atoms with Crippen LogP contribution < -0.4 is 0 Å². The van der Waals surface area contributed by atoms with Gasteiger partial charge in [-0.15, -0.1) is 0 Å². The lowest BCUT2D eigenvalue weighted by Gasteiger charge is -2.22. The zero-order valence-electron chi connectivity index (χ0n) is 12.1. The van der Waals surface area contributed by atoms with Gasteiger partial charge < -0.3 is 0 Å². The van der Waals surface area contributed by atoms with Crippen LogP contribution in [0.3, 0.4) is 0 Å². The molecule has 1 aliphatic rings. The van der Waals surface area contributed by atoms with Crippen LogP contribution in [0.1, 0.15) is 77.3 Å². The highest BCUT2D eigenvalue weighted by atomic mass is 14.8. The average Bonchev–Trinajstić information content (AvgIpc) is 2.96. The average molecular weight is 231 g/mol. The summed E-state index contributed by atoms with van der Waals surface area (Å²) in [6.07, 6.45) is 2.59. The second-order valence-corrected chi connectivity index (χ2v) is 7.14. The molecule has 1 aromatic rings. The lowest BCUT2D eigenvalue weighted by molar-refractivity contribution is 0.557. The number of rotatable bonds is 2. The van der Waals surface area contributed by atoms with Crippen LogP contribution in [0, 0.1) is 0 Å². The van der Waals surface area contributed by atoms with E-state index in [4.69, 9.17) is 4.98 Å². The van der Waals surface area contributed by atoms with Crippen LogP contribution >= 0.6 is 0 Å². The largest absolute Gasteiger partial charge is 0.257 e. The van der Waals surface area contributed by atoms with Gasteiger partial charge in [-0.25, -0.2) is 0 Å². The highest BCUT2D eigenvalue weighted by molar-refractivity contribution is 5.33. The fourth-order valence-electron chi connectivity index (χ4n) is 2.02. The summed E-state index contributed by atoms with van der Waals surface area (Å²) in [5, 5.41) is 0. The maximum Gasteiger partial charge on any atom is 0.0468 e. The van der Waals surface area contributed by atoms with Crippen molar-refractivity contribution in [2.75, 3.05) is 0 Å². The van der Waals surface area contributed by atoms with E-state index < -0.39 is 0 Å². The van der Waals surface area contributed by atoms with Crippen molar-refractivity contribution in [3.8, 4) is 0 Å². The monoisotopic (exact) mass is 231 g/mol. The Morgan fingerprint density at radius 2 is 1.76 bits per heavy atom. The summed E-state index contributed by atoms with van der Waals surface area (Å²) >= 11 is 0. The van der Waals surface area contributed by atoms with E-state index in [9.17, 15) is 0 Å². The van der Waals surface area contributed by atoms with E-state index in [1.54, 1.807) is 0 Å². The lowest BCUT2D eigenvalue weighted by Crippen LogP contribution is -2.17. The first-order valence-corrected chi connectivity index (χ1v) is 6.75. The Kier molecular flexibility index (Phi) is 2.84. The van der Waals surface area contributed by atoms with Crippen molar-refractivity contribution >= 4 is 0 Å². The summed E-state index contributed by atoms with van der Waals surface area (Å²) in [6, 6.07) is 4.62. The van der Waals surface area contributed by atoms with Crippen LogP contribution in [0.25, 0.3) is 0 Å². The molecule has 0 unspecified atom stereocenters. The van der Waals surface area contributed by atoms with Gasteiger partial charge in [0.15, 0.2) is 0 Å². The van der Waals surface area contributed by atoms with Gasteiger partial charge in [0.2, 0.25) is 0 Å². The molecule has 1 saturated carbocycles. The molecule has 17 heavy (non-hydrogen) atoms. The second-order valence-electron chi connectivity index (χ2n) is 7.14. The molecule has 1 heterocycles. The minimum absolute atomic E-state index is 0.144. The molecule has 1 nitrogen and oxygen atoms in total. The molecule has 0 aromatic carbocycles. The Balaban J connectivity index is 2.51. The van der Waals surface area contributed by atoms with Gasteiger partial charge in [0.05, 0.1) is 0 Å². The second kappa shape index (κ2) is 3.83. The van der Waals surface area contributed by atoms with Crippen molar-refractivity contribution in [3.63, 3.8) is 0 Å². The maximum absolute atomic E-state index is 4.92. The van der Waals surface area contributed by atoms with Gasteiger partial charge in [-0.1, -0.05) is 41.5 Å². The first kappa shape index (κ1) is 12.6. The molecule has 0 saturated heterocycles. The minimum atomic E-state index is 0.144. The van der Waals surface area contributed by atoms with Gasteiger partial charge in [-0.05, 0) is 36.5 Å². The predicted molar refractivity (Wildman–Crippen MR) is 73.6 cm³/mol. The molecule has 1 aliphatic carbocycles. The van der Waals surface area contributed by atoms with Gasteiger partial charge in [-0.2, -0.15) is 0 Å². The maximum atomic E-state index is 4.92. The Hall–Kier alpha value is -0.850. The standard InChI is InChI=1S/C16H25N/c1-11(2)12-9-13(15(3,4)5)17-14(10-12)16(6)7-8-16/h9-11H,7-8H2,1-6H3. The van der Waals surface area contributed by atoms with E-state index in [-0.39, 0.29) is 5.41 Å². The number of pyridine rings is 1. The molecule has 94 valence electrons. The van der Waals surface area contributed by atoms with E-state index in [1.165, 1.54) is 29.8 Å². The Morgan fingerprint density at radius 1 is 1.18 bits per heavy atom. The molecular formula is C16H25N. The SMILES string of the molecule is CC(C)c1cc(C(C)(C)C)nc(C2(C)CC2)c1. The summed E-state index contributed by atoms with van der Waals surface area (Å²) in [6.45, 7) is 13.6. The Bertz CT molecular complexity index is 396. The van der Waals surface area contributed by atoms with Crippen molar-refractivity contribution in [2.45, 2.75) is 71.1 Å². The van der Waals surface area contributed by atoms with Gasteiger partial charge in [0.1, 0.15) is 0 Å². The molecule has 0 N–H and O–H groups in total. The quantitative estimate of drug-likeness (QED) is 0.727. The van der Waals surface area contributed by atoms with Crippen molar-refractivity contribution in [2.24, 2.45) is 0 Å². The number of aromatic nitrogens is 1. The molecule has 0 radical (unpaired) electrons. The zero-order chi connectivity index (χ0) is 12.8. The van der Waals surface area contributed by atoms with Gasteiger partial charge >= 0.3 is 0 Å². The third kappa shape index (κ3) is 2.53. The lowest BCUT2D eigenvalue weighted by atomic mass is 9.87. The zero-order valence-corrected chi connectivity index (χ0v) is 12.1. The third-order valence-corrected chi connectivity index (χ3v) is 3.90. The summed E-state index contributed by atoms with van der Waals surface area (Å²) in [7, 11) is 0. The molecule has 0 bridgehead atoms. The number of nitrogens with zero attached hydrogens (tertiary/aromatic N) is 1. The van der Waals surface area contributed by atoms with Crippen LogP contribution in [0.5, 0.6) is 0 Å². The van der Waals surface area contributed by atoms with Crippen molar-refractivity contribution < 1.29 is 0 Å². The van der Waals surface area contributed by atoms with Gasteiger partial charge in [0.25, 0.3) is 0 Å². The van der Waals surface area contributed by atoms with Gasteiger partial charge in [-0.3, -0.25) is 4.98 Å². The van der Waals surface area contributed by atoms with Crippen LogP contribution in [0.15, 0.2) is 12.1 Å². The highest BCUT2D eigenvalue weighted by Crippen LogP contribution is 2.47. The summed E-state index contributed by atoms with van der Waals surface area (Å²) in [5.74, 6) is 0.584. The first-order valence-electron chi connectivity index (χ1n) is 6.75. The smallest absolute Gasteiger partial charge is 0.0468 e. The molecule has 0 aliphatic heterocycles. The fraction of sp³-hybridized carbons (Fsp3) is 0.688. The van der Waals surface area contributed by atoms with Crippen molar-refractivity contribution in [3.05, 3.63) is 29.1 Å².